The van der Waals surface area contributed by atoms with Crippen LogP contribution < -0.4 is 10.1 Å². The number of pyridine rings is 1. The maximum Gasteiger partial charge on any atom is 0.167 e. The van der Waals surface area contributed by atoms with E-state index in [2.05, 4.69) is 28.4 Å². The first kappa shape index (κ1) is 18.1. The van der Waals surface area contributed by atoms with Crippen molar-refractivity contribution in [2.45, 2.75) is 38.5 Å². The van der Waals surface area contributed by atoms with Crippen molar-refractivity contribution in [3.8, 4) is 11.5 Å². The molecule has 2 aromatic carbocycles. The Morgan fingerprint density at radius 3 is 2.86 bits per heavy atom. The fourth-order valence-corrected chi connectivity index (χ4v) is 4.38. The Hall–Kier alpha value is -2.92. The molecule has 4 aromatic rings. The number of fused-ring (bicyclic) bond motifs is 2. The summed E-state index contributed by atoms with van der Waals surface area (Å²) in [6.07, 6.45) is 7.82. The lowest BCUT2D eigenvalue weighted by atomic mass is 9.90. The van der Waals surface area contributed by atoms with Gasteiger partial charge in [0.2, 0.25) is 0 Å². The minimum Gasteiger partial charge on any atom is -0.456 e. The average molecular weight is 387 g/mol. The molecule has 0 atom stereocenters. The van der Waals surface area contributed by atoms with Crippen molar-refractivity contribution in [2.24, 2.45) is 0 Å². The van der Waals surface area contributed by atoms with E-state index in [1.807, 2.05) is 36.5 Å². The first-order valence-electron chi connectivity index (χ1n) is 10.5. The molecule has 2 aromatic heterocycles. The smallest absolute Gasteiger partial charge is 0.167 e. The van der Waals surface area contributed by atoms with E-state index in [4.69, 9.17) is 9.26 Å². The Morgan fingerprint density at radius 1 is 1.10 bits per heavy atom. The van der Waals surface area contributed by atoms with Gasteiger partial charge in [-0.1, -0.05) is 30.6 Å². The summed E-state index contributed by atoms with van der Waals surface area (Å²) < 4.78 is 12.2. The average Bonchev–Trinajstić information content (AvgIpc) is 3.21. The Bertz CT molecular complexity index is 1140. The molecule has 0 amide bonds. The van der Waals surface area contributed by atoms with Crippen LogP contribution in [0.5, 0.6) is 11.5 Å². The summed E-state index contributed by atoms with van der Waals surface area (Å²) in [5.74, 6) is 2.18. The molecule has 29 heavy (non-hydrogen) atoms. The van der Waals surface area contributed by atoms with Crippen LogP contribution in [0.4, 0.5) is 0 Å². The molecule has 1 aliphatic heterocycles. The first-order chi connectivity index (χ1) is 14.3. The van der Waals surface area contributed by atoms with Crippen LogP contribution in [0, 0.1) is 0 Å². The van der Waals surface area contributed by atoms with E-state index in [-0.39, 0.29) is 0 Å². The molecular weight excluding hydrogens is 362 g/mol. The third kappa shape index (κ3) is 3.36. The third-order valence-electron chi connectivity index (χ3n) is 5.82. The molecule has 0 bridgehead atoms. The van der Waals surface area contributed by atoms with Gasteiger partial charge in [0.15, 0.2) is 5.58 Å². The Balaban J connectivity index is 1.62. The molecule has 0 radical (unpaired) electrons. The number of rotatable bonds is 5. The van der Waals surface area contributed by atoms with E-state index in [1.54, 1.807) is 6.20 Å². The molecule has 5 heteroatoms. The second-order valence-corrected chi connectivity index (χ2v) is 7.71. The summed E-state index contributed by atoms with van der Waals surface area (Å²) in [5.41, 5.74) is 3.15. The topological polar surface area (TPSA) is 60.2 Å². The van der Waals surface area contributed by atoms with Gasteiger partial charge in [0.05, 0.1) is 11.1 Å². The quantitative estimate of drug-likeness (QED) is 0.484. The molecule has 1 fully saturated rings. The van der Waals surface area contributed by atoms with Gasteiger partial charge in [-0.3, -0.25) is 4.98 Å². The zero-order valence-electron chi connectivity index (χ0n) is 16.6. The van der Waals surface area contributed by atoms with Crippen molar-refractivity contribution in [2.75, 3.05) is 13.1 Å². The fraction of sp³-hybridized carbons (Fsp3) is 0.333. The fourth-order valence-electron chi connectivity index (χ4n) is 4.38. The van der Waals surface area contributed by atoms with Crippen LogP contribution in [0.3, 0.4) is 0 Å². The van der Waals surface area contributed by atoms with Crippen molar-refractivity contribution >= 4 is 21.7 Å². The summed E-state index contributed by atoms with van der Waals surface area (Å²) in [4.78, 5) is 4.22. The minimum absolute atomic E-state index is 0.437. The van der Waals surface area contributed by atoms with Gasteiger partial charge < -0.3 is 14.6 Å². The highest BCUT2D eigenvalue weighted by atomic mass is 16.5. The highest BCUT2D eigenvalue weighted by Gasteiger charge is 2.25. The maximum absolute atomic E-state index is 6.49. The van der Waals surface area contributed by atoms with Crippen LogP contribution in [-0.2, 0) is 6.42 Å². The van der Waals surface area contributed by atoms with Gasteiger partial charge in [-0.05, 0) is 56.6 Å². The van der Waals surface area contributed by atoms with E-state index < -0.39 is 0 Å². The molecule has 5 rings (SSSR count). The van der Waals surface area contributed by atoms with Crippen molar-refractivity contribution in [3.63, 3.8) is 0 Å². The standard InChI is InChI=1S/C24H25N3O2/c1-2-4-19-21(28-20-6-3-5-17-15-26-14-11-18(17)20)7-8-22-23(19)24(27-29-22)16-9-12-25-13-10-16/h3,5-8,11,14-16,25H,2,4,9-10,12-13H2,1H3. The van der Waals surface area contributed by atoms with Crippen LogP contribution in [0.25, 0.3) is 21.7 Å². The second-order valence-electron chi connectivity index (χ2n) is 7.71. The van der Waals surface area contributed by atoms with E-state index in [9.17, 15) is 0 Å². The van der Waals surface area contributed by atoms with Gasteiger partial charge in [0.25, 0.3) is 0 Å². The molecule has 3 heterocycles. The van der Waals surface area contributed by atoms with Crippen LogP contribution in [0.1, 0.15) is 43.4 Å². The molecule has 5 nitrogen and oxygen atoms in total. The first-order valence-corrected chi connectivity index (χ1v) is 10.5. The normalized spacial score (nSPS) is 15.2. The lowest BCUT2D eigenvalue weighted by molar-refractivity contribution is 0.404. The Labute approximate surface area is 170 Å². The molecule has 0 aliphatic carbocycles. The van der Waals surface area contributed by atoms with Gasteiger partial charge in [0.1, 0.15) is 11.5 Å². The highest BCUT2D eigenvalue weighted by molar-refractivity contribution is 5.89. The van der Waals surface area contributed by atoms with Gasteiger partial charge in [-0.2, -0.15) is 0 Å². The number of benzene rings is 2. The SMILES string of the molecule is CCCc1c(Oc2cccc3cnccc23)ccc2onc(C3CCNCC3)c12. The molecule has 0 saturated carbocycles. The van der Waals surface area contributed by atoms with Crippen LogP contribution >= 0.6 is 0 Å². The minimum atomic E-state index is 0.437. The Kier molecular flexibility index (Phi) is 4.90. The largest absolute Gasteiger partial charge is 0.456 e. The van der Waals surface area contributed by atoms with Crippen molar-refractivity contribution in [3.05, 3.63) is 60.0 Å². The van der Waals surface area contributed by atoms with Crippen LogP contribution in [0.2, 0.25) is 0 Å². The monoisotopic (exact) mass is 387 g/mol. The van der Waals surface area contributed by atoms with Crippen molar-refractivity contribution < 1.29 is 9.26 Å². The van der Waals surface area contributed by atoms with E-state index in [0.29, 0.717) is 5.92 Å². The highest BCUT2D eigenvalue weighted by Crippen LogP contribution is 2.39. The summed E-state index contributed by atoms with van der Waals surface area (Å²) >= 11 is 0. The number of ether oxygens (including phenoxy) is 1. The van der Waals surface area contributed by atoms with Gasteiger partial charge in [0, 0.05) is 34.6 Å². The number of hydrogen-bond acceptors (Lipinski definition) is 5. The number of nitrogens with zero attached hydrogens (tertiary/aromatic N) is 2. The maximum atomic E-state index is 6.49. The number of aryl methyl sites for hydroxylation is 1. The third-order valence-corrected chi connectivity index (χ3v) is 5.82. The van der Waals surface area contributed by atoms with Crippen molar-refractivity contribution in [1.29, 1.82) is 0 Å². The summed E-state index contributed by atoms with van der Waals surface area (Å²) in [5, 5.41) is 11.2. The lowest BCUT2D eigenvalue weighted by Gasteiger charge is -2.21. The predicted octanol–water partition coefficient (Wildman–Crippen LogP) is 5.59. The van der Waals surface area contributed by atoms with Gasteiger partial charge >= 0.3 is 0 Å². The zero-order chi connectivity index (χ0) is 19.6. The number of aromatic nitrogens is 2. The summed E-state index contributed by atoms with van der Waals surface area (Å²) in [6, 6.07) is 12.1. The van der Waals surface area contributed by atoms with Crippen LogP contribution in [-0.4, -0.2) is 23.2 Å². The van der Waals surface area contributed by atoms with Gasteiger partial charge in [-0.25, -0.2) is 0 Å². The summed E-state index contributed by atoms with van der Waals surface area (Å²) in [6.45, 7) is 4.26. The number of piperidine rings is 1. The van der Waals surface area contributed by atoms with Crippen LogP contribution in [0.15, 0.2) is 53.3 Å². The van der Waals surface area contributed by atoms with E-state index in [0.717, 1.165) is 77.7 Å². The zero-order valence-corrected chi connectivity index (χ0v) is 16.6. The van der Waals surface area contributed by atoms with Gasteiger partial charge in [-0.15, -0.1) is 0 Å². The Morgan fingerprint density at radius 2 is 2.00 bits per heavy atom. The number of nitrogens with one attached hydrogen (secondary N) is 1. The van der Waals surface area contributed by atoms with Crippen molar-refractivity contribution in [1.82, 2.24) is 15.5 Å². The lowest BCUT2D eigenvalue weighted by Crippen LogP contribution is -2.26. The number of hydrogen-bond donors (Lipinski definition) is 1. The molecule has 148 valence electrons. The molecule has 0 unspecified atom stereocenters. The van der Waals surface area contributed by atoms with E-state index in [1.165, 1.54) is 5.56 Å². The molecular formula is C24H25N3O2. The predicted molar refractivity (Wildman–Crippen MR) is 115 cm³/mol. The molecule has 1 N–H and O–H groups in total. The van der Waals surface area contributed by atoms with E-state index >= 15 is 0 Å². The summed E-state index contributed by atoms with van der Waals surface area (Å²) in [7, 11) is 0. The second kappa shape index (κ2) is 7.84. The molecule has 1 saturated heterocycles. The molecule has 1 aliphatic rings. The molecule has 0 spiro atoms.